The molecule has 1 rings (SSSR count). The summed E-state index contributed by atoms with van der Waals surface area (Å²) in [6.07, 6.45) is -1.62. The van der Waals surface area contributed by atoms with E-state index in [-0.39, 0.29) is 11.3 Å². The van der Waals surface area contributed by atoms with Gasteiger partial charge in [-0.2, -0.15) is 0 Å². The lowest BCUT2D eigenvalue weighted by Gasteiger charge is -2.15. The molecule has 2 N–H and O–H groups in total. The predicted octanol–water partition coefficient (Wildman–Crippen LogP) is 1.21. The SMILES string of the molecule is CCOc1cccc(C(O)C(=O)O)c1OC. The molecule has 0 aromatic heterocycles. The highest BCUT2D eigenvalue weighted by molar-refractivity contribution is 5.75. The van der Waals surface area contributed by atoms with E-state index in [0.717, 1.165) is 0 Å². The van der Waals surface area contributed by atoms with Crippen LogP contribution in [0, 0.1) is 0 Å². The molecule has 0 aliphatic heterocycles. The van der Waals surface area contributed by atoms with Crippen molar-refractivity contribution < 1.29 is 24.5 Å². The van der Waals surface area contributed by atoms with Gasteiger partial charge in [-0.05, 0) is 13.0 Å². The van der Waals surface area contributed by atoms with Gasteiger partial charge in [0.2, 0.25) is 0 Å². The van der Waals surface area contributed by atoms with Crippen molar-refractivity contribution in [1.29, 1.82) is 0 Å². The number of aliphatic hydroxyl groups is 1. The molecule has 0 saturated heterocycles. The number of aliphatic hydroxyl groups excluding tert-OH is 1. The first kappa shape index (κ1) is 12.3. The summed E-state index contributed by atoms with van der Waals surface area (Å²) < 4.78 is 10.3. The molecule has 16 heavy (non-hydrogen) atoms. The van der Waals surface area contributed by atoms with Crippen LogP contribution in [0.1, 0.15) is 18.6 Å². The average Bonchev–Trinajstić information content (AvgIpc) is 2.28. The largest absolute Gasteiger partial charge is 0.492 e. The van der Waals surface area contributed by atoms with E-state index in [1.165, 1.54) is 13.2 Å². The molecule has 0 heterocycles. The minimum absolute atomic E-state index is 0.181. The smallest absolute Gasteiger partial charge is 0.337 e. The molecule has 0 spiro atoms. The van der Waals surface area contributed by atoms with E-state index in [0.29, 0.717) is 12.4 Å². The Morgan fingerprint density at radius 3 is 2.69 bits per heavy atom. The fourth-order valence-corrected chi connectivity index (χ4v) is 1.37. The number of carboxylic acid groups (broad SMARTS) is 1. The van der Waals surface area contributed by atoms with Gasteiger partial charge in [-0.3, -0.25) is 0 Å². The lowest BCUT2D eigenvalue weighted by atomic mass is 10.1. The predicted molar refractivity (Wildman–Crippen MR) is 56.8 cm³/mol. The lowest BCUT2D eigenvalue weighted by molar-refractivity contribution is -0.147. The number of methoxy groups -OCH3 is 1. The van der Waals surface area contributed by atoms with Crippen LogP contribution in [-0.2, 0) is 4.79 Å². The second-order valence-corrected chi connectivity index (χ2v) is 3.05. The van der Waals surface area contributed by atoms with Crippen LogP contribution in [-0.4, -0.2) is 29.9 Å². The zero-order valence-corrected chi connectivity index (χ0v) is 9.14. The van der Waals surface area contributed by atoms with Crippen LogP contribution < -0.4 is 9.47 Å². The molecule has 1 atom stereocenters. The molecular formula is C11H14O5. The van der Waals surface area contributed by atoms with E-state index in [2.05, 4.69) is 0 Å². The zero-order valence-electron chi connectivity index (χ0n) is 9.14. The van der Waals surface area contributed by atoms with Crippen LogP contribution in [0.2, 0.25) is 0 Å². The van der Waals surface area contributed by atoms with Crippen molar-refractivity contribution in [3.8, 4) is 11.5 Å². The summed E-state index contributed by atoms with van der Waals surface area (Å²) in [5, 5.41) is 18.2. The molecule has 0 fully saturated rings. The van der Waals surface area contributed by atoms with E-state index in [4.69, 9.17) is 14.6 Å². The lowest BCUT2D eigenvalue weighted by Crippen LogP contribution is -2.12. The third kappa shape index (κ3) is 2.43. The van der Waals surface area contributed by atoms with Crippen molar-refractivity contribution >= 4 is 5.97 Å². The first-order chi connectivity index (χ1) is 7.61. The monoisotopic (exact) mass is 226 g/mol. The van der Waals surface area contributed by atoms with E-state index in [1.807, 2.05) is 0 Å². The minimum Gasteiger partial charge on any atom is -0.492 e. The van der Waals surface area contributed by atoms with Gasteiger partial charge in [0.1, 0.15) is 0 Å². The van der Waals surface area contributed by atoms with Crippen LogP contribution >= 0.6 is 0 Å². The molecular weight excluding hydrogens is 212 g/mol. The highest BCUT2D eigenvalue weighted by atomic mass is 16.5. The third-order valence-electron chi connectivity index (χ3n) is 2.04. The van der Waals surface area contributed by atoms with Gasteiger partial charge in [-0.25, -0.2) is 4.79 Å². The van der Waals surface area contributed by atoms with Gasteiger partial charge in [-0.1, -0.05) is 12.1 Å². The summed E-state index contributed by atoms with van der Waals surface area (Å²) in [5.41, 5.74) is 0.181. The summed E-state index contributed by atoms with van der Waals surface area (Å²) in [6.45, 7) is 2.24. The number of ether oxygens (including phenoxy) is 2. The van der Waals surface area contributed by atoms with Crippen molar-refractivity contribution in [3.63, 3.8) is 0 Å². The molecule has 0 aliphatic carbocycles. The molecule has 0 amide bonds. The number of carbonyl (C=O) groups is 1. The van der Waals surface area contributed by atoms with Gasteiger partial charge in [-0.15, -0.1) is 0 Å². The van der Waals surface area contributed by atoms with Crippen LogP contribution in [0.25, 0.3) is 0 Å². The molecule has 0 radical (unpaired) electrons. The Balaban J connectivity index is 3.17. The molecule has 0 bridgehead atoms. The molecule has 0 aliphatic rings. The number of rotatable bonds is 5. The Kier molecular flexibility index (Phi) is 4.13. The molecule has 1 unspecified atom stereocenters. The highest BCUT2D eigenvalue weighted by Crippen LogP contribution is 2.34. The first-order valence-electron chi connectivity index (χ1n) is 4.82. The van der Waals surface area contributed by atoms with E-state index >= 15 is 0 Å². The Hall–Kier alpha value is -1.75. The quantitative estimate of drug-likeness (QED) is 0.789. The maximum atomic E-state index is 10.7. The molecule has 0 saturated carbocycles. The van der Waals surface area contributed by atoms with Crippen molar-refractivity contribution in [2.24, 2.45) is 0 Å². The summed E-state index contributed by atoms with van der Waals surface area (Å²) in [7, 11) is 1.40. The Morgan fingerprint density at radius 2 is 2.19 bits per heavy atom. The number of carboxylic acids is 1. The standard InChI is InChI=1S/C11H14O5/c1-3-16-8-6-4-5-7(10(8)15-2)9(12)11(13)14/h4-6,9,12H,3H2,1-2H3,(H,13,14). The number of para-hydroxylation sites is 1. The normalized spacial score (nSPS) is 11.9. The topological polar surface area (TPSA) is 76.0 Å². The molecule has 5 nitrogen and oxygen atoms in total. The fraction of sp³-hybridized carbons (Fsp3) is 0.364. The van der Waals surface area contributed by atoms with Crippen molar-refractivity contribution in [1.82, 2.24) is 0 Å². The highest BCUT2D eigenvalue weighted by Gasteiger charge is 2.22. The molecule has 1 aromatic rings. The number of benzene rings is 1. The minimum atomic E-state index is -1.62. The second-order valence-electron chi connectivity index (χ2n) is 3.05. The summed E-state index contributed by atoms with van der Waals surface area (Å²) in [5.74, 6) is -0.658. The van der Waals surface area contributed by atoms with Gasteiger partial charge >= 0.3 is 5.97 Å². The van der Waals surface area contributed by atoms with Crippen LogP contribution in [0.4, 0.5) is 0 Å². The van der Waals surface area contributed by atoms with Gasteiger partial charge < -0.3 is 19.7 Å². The van der Waals surface area contributed by atoms with Crippen LogP contribution in [0.15, 0.2) is 18.2 Å². The summed E-state index contributed by atoms with van der Waals surface area (Å²) in [6, 6.07) is 4.75. The number of hydrogen-bond acceptors (Lipinski definition) is 4. The third-order valence-corrected chi connectivity index (χ3v) is 2.04. The maximum Gasteiger partial charge on any atom is 0.337 e. The number of hydrogen-bond donors (Lipinski definition) is 2. The van der Waals surface area contributed by atoms with Crippen LogP contribution in [0.3, 0.4) is 0 Å². The van der Waals surface area contributed by atoms with E-state index in [1.54, 1.807) is 19.1 Å². The Labute approximate surface area is 93.2 Å². The molecule has 88 valence electrons. The second kappa shape index (κ2) is 5.37. The first-order valence-corrected chi connectivity index (χ1v) is 4.82. The summed E-state index contributed by atoms with van der Waals surface area (Å²) >= 11 is 0. The Bertz CT molecular complexity index is 375. The van der Waals surface area contributed by atoms with Crippen molar-refractivity contribution in [3.05, 3.63) is 23.8 Å². The van der Waals surface area contributed by atoms with Gasteiger partial charge in [0, 0.05) is 5.56 Å². The average molecular weight is 226 g/mol. The van der Waals surface area contributed by atoms with Crippen molar-refractivity contribution in [2.75, 3.05) is 13.7 Å². The number of aliphatic carboxylic acids is 1. The van der Waals surface area contributed by atoms with Gasteiger partial charge in [0.05, 0.1) is 13.7 Å². The van der Waals surface area contributed by atoms with E-state index < -0.39 is 12.1 Å². The molecule has 1 aromatic carbocycles. The summed E-state index contributed by atoms with van der Waals surface area (Å²) in [4.78, 5) is 10.7. The fourth-order valence-electron chi connectivity index (χ4n) is 1.37. The maximum absolute atomic E-state index is 10.7. The zero-order chi connectivity index (χ0) is 12.1. The van der Waals surface area contributed by atoms with Crippen LogP contribution in [0.5, 0.6) is 11.5 Å². The van der Waals surface area contributed by atoms with Gasteiger partial charge in [0.25, 0.3) is 0 Å². The van der Waals surface area contributed by atoms with Crippen molar-refractivity contribution in [2.45, 2.75) is 13.0 Å². The van der Waals surface area contributed by atoms with E-state index in [9.17, 15) is 9.90 Å². The molecule has 5 heteroatoms. The Morgan fingerprint density at radius 1 is 1.50 bits per heavy atom. The van der Waals surface area contributed by atoms with Gasteiger partial charge in [0.15, 0.2) is 17.6 Å².